The molecule has 150 valence electrons. The molecule has 0 saturated heterocycles. The van der Waals surface area contributed by atoms with E-state index in [0.29, 0.717) is 5.57 Å². The standard InChI is InChI=1S/C22H39NO3/c1-3-5-7-9-11-13-15-21(14-12-10-8-6-4-2)16-17-22(24,25)20(18-21)19-23-26/h16-18,24-25H,3-15,19H2,1-2H3. The van der Waals surface area contributed by atoms with Gasteiger partial charge in [-0.3, -0.25) is 0 Å². The van der Waals surface area contributed by atoms with E-state index < -0.39 is 5.79 Å². The number of unbranched alkanes of at least 4 members (excludes halogenated alkanes) is 9. The average Bonchev–Trinajstić information content (AvgIpc) is 2.61. The first-order valence-electron chi connectivity index (χ1n) is 10.7. The highest BCUT2D eigenvalue weighted by Gasteiger charge is 2.36. The van der Waals surface area contributed by atoms with Crippen molar-refractivity contribution in [2.24, 2.45) is 10.6 Å². The summed E-state index contributed by atoms with van der Waals surface area (Å²) in [4.78, 5) is 10.7. The third-order valence-corrected chi connectivity index (χ3v) is 5.56. The van der Waals surface area contributed by atoms with Gasteiger partial charge < -0.3 is 10.2 Å². The molecule has 1 rings (SSSR count). The Bertz CT molecular complexity index is 456. The highest BCUT2D eigenvalue weighted by Crippen LogP contribution is 2.41. The molecule has 0 amide bonds. The van der Waals surface area contributed by atoms with Gasteiger partial charge in [0.2, 0.25) is 5.79 Å². The summed E-state index contributed by atoms with van der Waals surface area (Å²) in [5.74, 6) is -2.03. The molecule has 0 saturated carbocycles. The first-order valence-corrected chi connectivity index (χ1v) is 10.7. The van der Waals surface area contributed by atoms with E-state index in [1.165, 1.54) is 63.9 Å². The maximum atomic E-state index is 10.7. The van der Waals surface area contributed by atoms with Crippen molar-refractivity contribution in [1.29, 1.82) is 0 Å². The van der Waals surface area contributed by atoms with E-state index in [1.807, 2.05) is 12.2 Å². The summed E-state index contributed by atoms with van der Waals surface area (Å²) in [6.45, 7) is 4.28. The van der Waals surface area contributed by atoms with E-state index in [-0.39, 0.29) is 12.0 Å². The van der Waals surface area contributed by atoms with Gasteiger partial charge in [0, 0.05) is 11.0 Å². The van der Waals surface area contributed by atoms with Gasteiger partial charge in [-0.15, -0.1) is 0 Å². The lowest BCUT2D eigenvalue weighted by molar-refractivity contribution is -0.0883. The molecule has 0 bridgehead atoms. The Morgan fingerprint density at radius 2 is 1.31 bits per heavy atom. The zero-order valence-corrected chi connectivity index (χ0v) is 16.9. The van der Waals surface area contributed by atoms with Gasteiger partial charge in [0.25, 0.3) is 0 Å². The van der Waals surface area contributed by atoms with Crippen LogP contribution in [0, 0.1) is 10.3 Å². The number of hydrogen-bond donors (Lipinski definition) is 2. The Morgan fingerprint density at radius 1 is 0.808 bits per heavy atom. The molecule has 0 aromatic carbocycles. The second kappa shape index (κ2) is 12.4. The van der Waals surface area contributed by atoms with E-state index in [2.05, 4.69) is 19.0 Å². The summed E-state index contributed by atoms with van der Waals surface area (Å²) in [5, 5.41) is 23.1. The number of allylic oxidation sites excluding steroid dienone is 2. The quantitative estimate of drug-likeness (QED) is 0.161. The van der Waals surface area contributed by atoms with Gasteiger partial charge >= 0.3 is 0 Å². The SMILES string of the molecule is CCCCCCCCC1(CCCCCCC)C=CC(O)(O)C(CN=O)=C1. The summed E-state index contributed by atoms with van der Waals surface area (Å²) in [5.41, 5.74) is 0.168. The van der Waals surface area contributed by atoms with Gasteiger partial charge in [0.05, 0.1) is 0 Å². The van der Waals surface area contributed by atoms with Gasteiger partial charge in [0.15, 0.2) is 0 Å². The molecule has 1 aliphatic carbocycles. The maximum Gasteiger partial charge on any atom is 0.207 e. The Morgan fingerprint density at radius 3 is 1.81 bits per heavy atom. The molecule has 1 unspecified atom stereocenters. The fourth-order valence-electron chi connectivity index (χ4n) is 3.85. The van der Waals surface area contributed by atoms with Crippen LogP contribution in [0.2, 0.25) is 0 Å². The van der Waals surface area contributed by atoms with Crippen LogP contribution in [0.1, 0.15) is 97.3 Å². The molecule has 0 aromatic rings. The van der Waals surface area contributed by atoms with Gasteiger partial charge in [0.1, 0.15) is 6.54 Å². The molecular weight excluding hydrogens is 326 g/mol. The second-order valence-corrected chi connectivity index (χ2v) is 7.93. The van der Waals surface area contributed by atoms with Crippen molar-refractivity contribution in [3.63, 3.8) is 0 Å². The van der Waals surface area contributed by atoms with Crippen molar-refractivity contribution in [1.82, 2.24) is 0 Å². The number of nitrogens with zero attached hydrogens (tertiary/aromatic N) is 1. The van der Waals surface area contributed by atoms with Gasteiger partial charge in [-0.25, -0.2) is 0 Å². The number of nitroso groups, excluding NO2 is 1. The van der Waals surface area contributed by atoms with Gasteiger partial charge in [-0.05, 0) is 18.9 Å². The Balaban J connectivity index is 2.70. The predicted molar refractivity (Wildman–Crippen MR) is 109 cm³/mol. The van der Waals surface area contributed by atoms with Crippen LogP contribution in [0.3, 0.4) is 0 Å². The molecule has 0 aliphatic heterocycles. The molecular formula is C22H39NO3. The van der Waals surface area contributed by atoms with Crippen LogP contribution in [0.25, 0.3) is 0 Å². The normalized spacial score (nSPS) is 21.6. The van der Waals surface area contributed by atoms with Crippen molar-refractivity contribution >= 4 is 0 Å². The predicted octanol–water partition coefficient (Wildman–Crippen LogP) is 6.03. The lowest BCUT2D eigenvalue weighted by Gasteiger charge is -2.35. The zero-order valence-electron chi connectivity index (χ0n) is 16.9. The minimum absolute atomic E-state index is 0.161. The van der Waals surface area contributed by atoms with Crippen molar-refractivity contribution in [2.75, 3.05) is 6.54 Å². The minimum Gasteiger partial charge on any atom is -0.359 e. The summed E-state index contributed by atoms with van der Waals surface area (Å²) in [7, 11) is 0. The largest absolute Gasteiger partial charge is 0.359 e. The summed E-state index contributed by atoms with van der Waals surface area (Å²) >= 11 is 0. The Labute approximate surface area is 159 Å². The summed E-state index contributed by atoms with van der Waals surface area (Å²) in [6, 6.07) is 0. The molecule has 0 heterocycles. The number of aliphatic hydroxyl groups is 2. The molecule has 26 heavy (non-hydrogen) atoms. The first kappa shape index (κ1) is 23.0. The average molecular weight is 366 g/mol. The third-order valence-electron chi connectivity index (χ3n) is 5.56. The number of rotatable bonds is 15. The third kappa shape index (κ3) is 8.13. The lowest BCUT2D eigenvalue weighted by Crippen LogP contribution is -2.35. The first-order chi connectivity index (χ1) is 12.5. The molecule has 2 N–H and O–H groups in total. The molecule has 0 fully saturated rings. The minimum atomic E-state index is -2.03. The fraction of sp³-hybridized carbons (Fsp3) is 0.818. The second-order valence-electron chi connectivity index (χ2n) is 7.93. The molecule has 0 radical (unpaired) electrons. The van der Waals surface area contributed by atoms with Crippen molar-refractivity contribution in [3.05, 3.63) is 28.7 Å². The molecule has 1 aliphatic rings. The van der Waals surface area contributed by atoms with Crippen LogP contribution in [0.4, 0.5) is 0 Å². The van der Waals surface area contributed by atoms with E-state index in [4.69, 9.17) is 0 Å². The zero-order chi connectivity index (χ0) is 19.3. The van der Waals surface area contributed by atoms with E-state index >= 15 is 0 Å². The monoisotopic (exact) mass is 365 g/mol. The summed E-state index contributed by atoms with van der Waals surface area (Å²) in [6.07, 6.45) is 20.9. The lowest BCUT2D eigenvalue weighted by atomic mass is 9.72. The van der Waals surface area contributed by atoms with Crippen LogP contribution >= 0.6 is 0 Å². The van der Waals surface area contributed by atoms with E-state index in [9.17, 15) is 15.1 Å². The Kier molecular flexibility index (Phi) is 11.0. The van der Waals surface area contributed by atoms with Crippen LogP contribution in [0.15, 0.2) is 29.0 Å². The van der Waals surface area contributed by atoms with Crippen LogP contribution in [-0.2, 0) is 0 Å². The molecule has 4 nitrogen and oxygen atoms in total. The maximum absolute atomic E-state index is 10.7. The smallest absolute Gasteiger partial charge is 0.207 e. The van der Waals surface area contributed by atoms with Crippen LogP contribution < -0.4 is 0 Å². The molecule has 0 spiro atoms. The highest BCUT2D eigenvalue weighted by molar-refractivity contribution is 5.33. The van der Waals surface area contributed by atoms with Crippen molar-refractivity contribution in [3.8, 4) is 0 Å². The molecule has 0 aromatic heterocycles. The van der Waals surface area contributed by atoms with E-state index in [0.717, 1.165) is 25.7 Å². The molecule has 1 atom stereocenters. The van der Waals surface area contributed by atoms with Crippen LogP contribution in [-0.4, -0.2) is 22.5 Å². The summed E-state index contributed by atoms with van der Waals surface area (Å²) < 4.78 is 0. The topological polar surface area (TPSA) is 69.9 Å². The fourth-order valence-corrected chi connectivity index (χ4v) is 3.85. The van der Waals surface area contributed by atoms with E-state index in [1.54, 1.807) is 0 Å². The Hall–Kier alpha value is -1.000. The number of hydrogen-bond acceptors (Lipinski definition) is 4. The van der Waals surface area contributed by atoms with Gasteiger partial charge in [-0.1, -0.05) is 102 Å². The van der Waals surface area contributed by atoms with Crippen molar-refractivity contribution < 1.29 is 10.2 Å². The van der Waals surface area contributed by atoms with Crippen LogP contribution in [0.5, 0.6) is 0 Å². The van der Waals surface area contributed by atoms with Crippen molar-refractivity contribution in [2.45, 2.75) is 103 Å². The highest BCUT2D eigenvalue weighted by atomic mass is 16.5. The molecule has 4 heteroatoms. The van der Waals surface area contributed by atoms with Gasteiger partial charge in [-0.2, -0.15) is 4.91 Å².